The van der Waals surface area contributed by atoms with E-state index in [0.717, 1.165) is 54.3 Å². The van der Waals surface area contributed by atoms with Gasteiger partial charge in [-0.2, -0.15) is 0 Å². The first kappa shape index (κ1) is 21.7. The van der Waals surface area contributed by atoms with Gasteiger partial charge in [-0.25, -0.2) is 0 Å². The molecular formula is C28H48O2. The molecule has 30 heavy (non-hydrogen) atoms. The third-order valence-electron chi connectivity index (χ3n) is 12.0. The number of ether oxygens (including phenoxy) is 1. The van der Waals surface area contributed by atoms with Crippen LogP contribution in [0.15, 0.2) is 0 Å². The fourth-order valence-electron chi connectivity index (χ4n) is 9.73. The number of aliphatic hydroxyl groups is 1. The topological polar surface area (TPSA) is 32.8 Å². The van der Waals surface area contributed by atoms with Gasteiger partial charge in [-0.1, -0.05) is 41.5 Å². The summed E-state index contributed by atoms with van der Waals surface area (Å²) in [6.45, 7) is 14.9. The van der Waals surface area contributed by atoms with Crippen molar-refractivity contribution in [3.63, 3.8) is 0 Å². The largest absolute Gasteiger partial charge is 0.393 e. The van der Waals surface area contributed by atoms with Crippen molar-refractivity contribution in [1.82, 2.24) is 0 Å². The van der Waals surface area contributed by atoms with E-state index < -0.39 is 0 Å². The highest BCUT2D eigenvalue weighted by molar-refractivity contribution is 5.11. The number of fused-ring (bicyclic) bond motifs is 5. The normalized spacial score (nSPS) is 54.8. The summed E-state index contributed by atoms with van der Waals surface area (Å²) in [7, 11) is 0. The second-order valence-corrected chi connectivity index (χ2v) is 13.3. The zero-order valence-corrected chi connectivity index (χ0v) is 20.6. The van der Waals surface area contributed by atoms with Crippen LogP contribution in [0, 0.1) is 58.2 Å². The number of aliphatic hydroxyl groups excluding tert-OH is 1. The molecule has 1 heterocycles. The maximum Gasteiger partial charge on any atom is 0.0873 e. The van der Waals surface area contributed by atoms with Gasteiger partial charge < -0.3 is 9.84 Å². The fraction of sp³-hybridized carbons (Fsp3) is 1.00. The van der Waals surface area contributed by atoms with Crippen molar-refractivity contribution < 1.29 is 9.84 Å². The van der Waals surface area contributed by atoms with Gasteiger partial charge in [0.05, 0.1) is 18.3 Å². The van der Waals surface area contributed by atoms with E-state index in [1.807, 2.05) is 0 Å². The molecular weight excluding hydrogens is 368 g/mol. The molecule has 1 aliphatic heterocycles. The SMILES string of the molecule is CC(C)[C@H](C)C1OC1[C@@H](C)[C@H]1CC[C@H]2[C@@H]3CC[C@@H]4C[C@@H](O)CC[C@]4(C)[C@H]3CC[C@]12C. The maximum atomic E-state index is 10.3. The molecule has 5 aliphatic rings. The third kappa shape index (κ3) is 3.17. The average molecular weight is 417 g/mol. The minimum atomic E-state index is -0.0232. The molecule has 0 bridgehead atoms. The number of epoxide rings is 1. The molecule has 2 unspecified atom stereocenters. The van der Waals surface area contributed by atoms with Gasteiger partial charge in [0.15, 0.2) is 0 Å². The Morgan fingerprint density at radius 3 is 2.23 bits per heavy atom. The lowest BCUT2D eigenvalue weighted by molar-refractivity contribution is -0.129. The number of hydrogen-bond donors (Lipinski definition) is 1. The molecule has 0 amide bonds. The second kappa shape index (κ2) is 7.47. The zero-order valence-electron chi connectivity index (χ0n) is 20.6. The Hall–Kier alpha value is -0.0800. The first-order valence-corrected chi connectivity index (χ1v) is 13.5. The Kier molecular flexibility index (Phi) is 5.42. The zero-order chi connectivity index (χ0) is 21.4. The maximum absolute atomic E-state index is 10.3. The van der Waals surface area contributed by atoms with Crippen molar-refractivity contribution in [2.75, 3.05) is 0 Å². The Balaban J connectivity index is 1.31. The van der Waals surface area contributed by atoms with Crippen LogP contribution in [0.1, 0.15) is 99.3 Å². The highest BCUT2D eigenvalue weighted by Gasteiger charge is 2.62. The molecule has 5 rings (SSSR count). The first-order valence-electron chi connectivity index (χ1n) is 13.5. The quantitative estimate of drug-likeness (QED) is 0.517. The molecule has 0 radical (unpaired) electrons. The summed E-state index contributed by atoms with van der Waals surface area (Å²) in [5, 5.41) is 10.3. The summed E-state index contributed by atoms with van der Waals surface area (Å²) in [6.07, 6.45) is 13.0. The van der Waals surface area contributed by atoms with Gasteiger partial charge in [0.25, 0.3) is 0 Å². The van der Waals surface area contributed by atoms with Gasteiger partial charge in [-0.3, -0.25) is 0 Å². The molecule has 5 fully saturated rings. The van der Waals surface area contributed by atoms with Crippen LogP contribution in [0.5, 0.6) is 0 Å². The molecule has 0 aromatic rings. The Morgan fingerprint density at radius 2 is 1.50 bits per heavy atom. The van der Waals surface area contributed by atoms with Crippen molar-refractivity contribution in [1.29, 1.82) is 0 Å². The molecule has 4 saturated carbocycles. The molecule has 172 valence electrons. The lowest BCUT2D eigenvalue weighted by Crippen LogP contribution is -2.54. The number of rotatable bonds is 4. The van der Waals surface area contributed by atoms with Crippen LogP contribution in [0.3, 0.4) is 0 Å². The average Bonchev–Trinajstić information content (AvgIpc) is 3.42. The Bertz CT molecular complexity index is 645. The monoisotopic (exact) mass is 416 g/mol. The van der Waals surface area contributed by atoms with E-state index in [9.17, 15) is 5.11 Å². The van der Waals surface area contributed by atoms with Gasteiger partial charge in [-0.05, 0) is 116 Å². The van der Waals surface area contributed by atoms with Gasteiger partial charge in [0, 0.05) is 0 Å². The van der Waals surface area contributed by atoms with E-state index in [-0.39, 0.29) is 6.10 Å². The standard InChI is InChI=1S/C28H48O2/c1-16(2)17(3)25-26(30-25)18(4)22-9-10-23-21-8-7-19-15-20(29)11-13-27(19,5)24(21)12-14-28(22,23)6/h16-26,29H,7-15H2,1-6H3/t17-,18-,19+,20-,21-,22+,23-,24-,25?,26?,27-,28+/m0/s1. The van der Waals surface area contributed by atoms with Gasteiger partial charge in [-0.15, -0.1) is 0 Å². The van der Waals surface area contributed by atoms with Crippen molar-refractivity contribution in [2.24, 2.45) is 58.2 Å². The molecule has 1 saturated heterocycles. The minimum absolute atomic E-state index is 0.0232. The summed E-state index contributed by atoms with van der Waals surface area (Å²) in [5.74, 6) is 6.57. The van der Waals surface area contributed by atoms with Crippen molar-refractivity contribution in [3.05, 3.63) is 0 Å². The second-order valence-electron chi connectivity index (χ2n) is 13.3. The van der Waals surface area contributed by atoms with E-state index in [1.165, 1.54) is 44.9 Å². The van der Waals surface area contributed by atoms with Gasteiger partial charge in [0.2, 0.25) is 0 Å². The van der Waals surface area contributed by atoms with Gasteiger partial charge >= 0.3 is 0 Å². The predicted octanol–water partition coefficient (Wildman–Crippen LogP) is 6.70. The van der Waals surface area contributed by atoms with Crippen LogP contribution in [0.2, 0.25) is 0 Å². The van der Waals surface area contributed by atoms with Crippen LogP contribution < -0.4 is 0 Å². The fourth-order valence-corrected chi connectivity index (χ4v) is 9.73. The van der Waals surface area contributed by atoms with Crippen molar-refractivity contribution >= 4 is 0 Å². The molecule has 2 nitrogen and oxygen atoms in total. The summed E-state index contributed by atoms with van der Waals surface area (Å²) < 4.78 is 6.32. The number of hydrogen-bond acceptors (Lipinski definition) is 2. The van der Waals surface area contributed by atoms with Crippen molar-refractivity contribution in [2.45, 2.75) is 118 Å². The van der Waals surface area contributed by atoms with E-state index >= 15 is 0 Å². The van der Waals surface area contributed by atoms with E-state index in [1.54, 1.807) is 0 Å². The highest BCUT2D eigenvalue weighted by Crippen LogP contribution is 2.68. The lowest BCUT2D eigenvalue weighted by Gasteiger charge is -2.61. The van der Waals surface area contributed by atoms with Crippen LogP contribution in [-0.4, -0.2) is 23.4 Å². The molecule has 0 aromatic heterocycles. The smallest absolute Gasteiger partial charge is 0.0873 e. The van der Waals surface area contributed by atoms with Crippen LogP contribution in [0.25, 0.3) is 0 Å². The molecule has 0 aromatic carbocycles. The Labute approximate surface area is 185 Å². The highest BCUT2D eigenvalue weighted by atomic mass is 16.6. The summed E-state index contributed by atoms with van der Waals surface area (Å²) in [6, 6.07) is 0. The summed E-state index contributed by atoms with van der Waals surface area (Å²) in [4.78, 5) is 0. The van der Waals surface area contributed by atoms with E-state index in [0.29, 0.717) is 29.0 Å². The van der Waals surface area contributed by atoms with E-state index in [4.69, 9.17) is 4.74 Å². The van der Waals surface area contributed by atoms with Crippen LogP contribution >= 0.6 is 0 Å². The first-order chi connectivity index (χ1) is 14.2. The van der Waals surface area contributed by atoms with Gasteiger partial charge in [0.1, 0.15) is 0 Å². The molecule has 4 aliphatic carbocycles. The lowest BCUT2D eigenvalue weighted by atomic mass is 9.44. The van der Waals surface area contributed by atoms with Crippen LogP contribution in [-0.2, 0) is 4.74 Å². The van der Waals surface area contributed by atoms with Crippen molar-refractivity contribution in [3.8, 4) is 0 Å². The molecule has 1 N–H and O–H groups in total. The minimum Gasteiger partial charge on any atom is -0.393 e. The predicted molar refractivity (Wildman–Crippen MR) is 123 cm³/mol. The molecule has 2 heteroatoms. The molecule has 0 spiro atoms. The summed E-state index contributed by atoms with van der Waals surface area (Å²) >= 11 is 0. The summed E-state index contributed by atoms with van der Waals surface area (Å²) in [5.41, 5.74) is 1.04. The Morgan fingerprint density at radius 1 is 0.800 bits per heavy atom. The van der Waals surface area contributed by atoms with Crippen LogP contribution in [0.4, 0.5) is 0 Å². The van der Waals surface area contributed by atoms with E-state index in [2.05, 4.69) is 41.5 Å². The molecule has 12 atom stereocenters. The third-order valence-corrected chi connectivity index (χ3v) is 12.0.